The standard InChI is InChI=1S/C12H20N2O4S/c1-10(9-17-2)14-19(15,16)8-7-18-12-6-4-3-5-11(12)13/h3-6,10,14H,7-9,13H2,1-2H3. The number of hydrogen-bond donors (Lipinski definition) is 2. The molecule has 0 aliphatic carbocycles. The number of nitrogens with one attached hydrogen (secondary N) is 1. The largest absolute Gasteiger partial charge is 0.490 e. The lowest BCUT2D eigenvalue weighted by Gasteiger charge is -2.14. The van der Waals surface area contributed by atoms with Crippen LogP contribution in [0.1, 0.15) is 6.92 Å². The summed E-state index contributed by atoms with van der Waals surface area (Å²) in [6.45, 7) is 2.10. The predicted molar refractivity (Wildman–Crippen MR) is 74.6 cm³/mol. The van der Waals surface area contributed by atoms with Crippen molar-refractivity contribution in [3.05, 3.63) is 24.3 Å². The van der Waals surface area contributed by atoms with E-state index in [1.54, 1.807) is 31.2 Å². The van der Waals surface area contributed by atoms with Gasteiger partial charge in [0.1, 0.15) is 12.4 Å². The maximum absolute atomic E-state index is 11.7. The second-order valence-corrected chi connectivity index (χ2v) is 6.05. The highest BCUT2D eigenvalue weighted by molar-refractivity contribution is 7.89. The highest BCUT2D eigenvalue weighted by Crippen LogP contribution is 2.19. The number of hydrogen-bond acceptors (Lipinski definition) is 5. The van der Waals surface area contributed by atoms with Crippen LogP contribution in [0.15, 0.2) is 24.3 Å². The Hall–Kier alpha value is -1.31. The zero-order chi connectivity index (χ0) is 14.3. The minimum atomic E-state index is -3.38. The van der Waals surface area contributed by atoms with Gasteiger partial charge in [-0.2, -0.15) is 0 Å². The molecule has 0 saturated carbocycles. The van der Waals surface area contributed by atoms with Crippen LogP contribution >= 0.6 is 0 Å². The second kappa shape index (κ2) is 7.32. The molecule has 1 aromatic rings. The molecule has 1 aromatic carbocycles. The fourth-order valence-electron chi connectivity index (χ4n) is 1.52. The van der Waals surface area contributed by atoms with Gasteiger partial charge < -0.3 is 15.2 Å². The Kier molecular flexibility index (Phi) is 6.07. The van der Waals surface area contributed by atoms with Crippen molar-refractivity contribution >= 4 is 15.7 Å². The molecule has 0 aliphatic heterocycles. The van der Waals surface area contributed by atoms with Gasteiger partial charge in [0, 0.05) is 13.2 Å². The van der Waals surface area contributed by atoms with Crippen LogP contribution in [0.3, 0.4) is 0 Å². The average molecular weight is 288 g/mol. The number of nitrogens with two attached hydrogens (primary N) is 1. The van der Waals surface area contributed by atoms with E-state index in [1.165, 1.54) is 7.11 Å². The number of anilines is 1. The van der Waals surface area contributed by atoms with Crippen molar-refractivity contribution in [2.45, 2.75) is 13.0 Å². The number of methoxy groups -OCH3 is 1. The topological polar surface area (TPSA) is 90.6 Å². The van der Waals surface area contributed by atoms with Gasteiger partial charge in [0.15, 0.2) is 0 Å². The Morgan fingerprint density at radius 1 is 1.37 bits per heavy atom. The van der Waals surface area contributed by atoms with Crippen LogP contribution in [-0.2, 0) is 14.8 Å². The van der Waals surface area contributed by atoms with Gasteiger partial charge in [0.2, 0.25) is 10.0 Å². The molecule has 19 heavy (non-hydrogen) atoms. The van der Waals surface area contributed by atoms with Crippen LogP contribution in [-0.4, -0.2) is 40.5 Å². The van der Waals surface area contributed by atoms with Crippen LogP contribution in [0.4, 0.5) is 5.69 Å². The lowest BCUT2D eigenvalue weighted by atomic mass is 10.3. The third kappa shape index (κ3) is 5.91. The van der Waals surface area contributed by atoms with Crippen LogP contribution < -0.4 is 15.2 Å². The van der Waals surface area contributed by atoms with Crippen molar-refractivity contribution in [3.63, 3.8) is 0 Å². The van der Waals surface area contributed by atoms with E-state index in [1.807, 2.05) is 0 Å². The van der Waals surface area contributed by atoms with Crippen LogP contribution in [0.2, 0.25) is 0 Å². The fourth-order valence-corrected chi connectivity index (χ4v) is 2.62. The van der Waals surface area contributed by atoms with Gasteiger partial charge in [-0.3, -0.25) is 0 Å². The van der Waals surface area contributed by atoms with Crippen molar-refractivity contribution in [1.29, 1.82) is 0 Å². The summed E-state index contributed by atoms with van der Waals surface area (Å²) in [6, 6.07) is 6.69. The number of rotatable bonds is 8. The molecule has 0 amide bonds. The highest BCUT2D eigenvalue weighted by Gasteiger charge is 2.14. The molecule has 7 heteroatoms. The fraction of sp³-hybridized carbons (Fsp3) is 0.500. The molecule has 0 aliphatic rings. The van der Waals surface area contributed by atoms with Gasteiger partial charge in [0.05, 0.1) is 18.0 Å². The lowest BCUT2D eigenvalue weighted by Crippen LogP contribution is -2.38. The number of nitrogen functional groups attached to an aromatic ring is 1. The first-order valence-electron chi connectivity index (χ1n) is 5.91. The van der Waals surface area contributed by atoms with E-state index >= 15 is 0 Å². The van der Waals surface area contributed by atoms with Crippen molar-refractivity contribution in [1.82, 2.24) is 4.72 Å². The molecule has 1 rings (SSSR count). The molecular weight excluding hydrogens is 268 g/mol. The minimum Gasteiger partial charge on any atom is -0.490 e. The maximum atomic E-state index is 11.7. The summed E-state index contributed by atoms with van der Waals surface area (Å²) in [4.78, 5) is 0. The zero-order valence-corrected chi connectivity index (χ0v) is 11.9. The smallest absolute Gasteiger partial charge is 0.215 e. The van der Waals surface area contributed by atoms with Crippen molar-refractivity contribution < 1.29 is 17.9 Å². The SMILES string of the molecule is COCC(C)NS(=O)(=O)CCOc1ccccc1N. The summed E-state index contributed by atoms with van der Waals surface area (Å²) >= 11 is 0. The number of para-hydroxylation sites is 2. The number of benzene rings is 1. The molecule has 0 heterocycles. The Bertz CT molecular complexity index is 490. The zero-order valence-electron chi connectivity index (χ0n) is 11.1. The van der Waals surface area contributed by atoms with Gasteiger partial charge in [-0.25, -0.2) is 13.1 Å². The van der Waals surface area contributed by atoms with E-state index in [4.69, 9.17) is 15.2 Å². The Balaban J connectivity index is 2.42. The first kappa shape index (κ1) is 15.7. The summed E-state index contributed by atoms with van der Waals surface area (Å²) in [5, 5.41) is 0. The second-order valence-electron chi connectivity index (χ2n) is 4.18. The van der Waals surface area contributed by atoms with Gasteiger partial charge in [0.25, 0.3) is 0 Å². The maximum Gasteiger partial charge on any atom is 0.215 e. The van der Waals surface area contributed by atoms with Gasteiger partial charge in [-0.1, -0.05) is 12.1 Å². The molecule has 6 nitrogen and oxygen atoms in total. The molecule has 1 atom stereocenters. The monoisotopic (exact) mass is 288 g/mol. The van der Waals surface area contributed by atoms with Crippen LogP contribution in [0, 0.1) is 0 Å². The summed E-state index contributed by atoms with van der Waals surface area (Å²) in [5.41, 5.74) is 6.17. The first-order chi connectivity index (χ1) is 8.94. The van der Waals surface area contributed by atoms with Crippen molar-refractivity contribution in [2.75, 3.05) is 31.8 Å². The lowest BCUT2D eigenvalue weighted by molar-refractivity contribution is 0.180. The average Bonchev–Trinajstić information content (AvgIpc) is 2.31. The summed E-state index contributed by atoms with van der Waals surface area (Å²) in [7, 11) is -1.86. The van der Waals surface area contributed by atoms with Gasteiger partial charge >= 0.3 is 0 Å². The molecule has 0 fully saturated rings. The number of ether oxygens (including phenoxy) is 2. The van der Waals surface area contributed by atoms with E-state index in [2.05, 4.69) is 4.72 Å². The first-order valence-corrected chi connectivity index (χ1v) is 7.56. The van der Waals surface area contributed by atoms with Crippen molar-refractivity contribution in [2.24, 2.45) is 0 Å². The van der Waals surface area contributed by atoms with E-state index < -0.39 is 10.0 Å². The third-order valence-corrected chi connectivity index (χ3v) is 3.79. The molecule has 3 N–H and O–H groups in total. The van der Waals surface area contributed by atoms with E-state index in [9.17, 15) is 8.42 Å². The van der Waals surface area contributed by atoms with E-state index in [0.717, 1.165) is 0 Å². The molecule has 0 saturated heterocycles. The summed E-state index contributed by atoms with van der Waals surface area (Å²) < 4.78 is 36.1. The number of sulfonamides is 1. The van der Waals surface area contributed by atoms with Crippen LogP contribution in [0.5, 0.6) is 5.75 Å². The molecule has 0 spiro atoms. The van der Waals surface area contributed by atoms with E-state index in [0.29, 0.717) is 18.0 Å². The molecular formula is C12H20N2O4S. The predicted octanol–water partition coefficient (Wildman–Crippen LogP) is 0.602. The third-order valence-electron chi connectivity index (χ3n) is 2.33. The summed E-state index contributed by atoms with van der Waals surface area (Å²) in [5.74, 6) is 0.359. The van der Waals surface area contributed by atoms with E-state index in [-0.39, 0.29) is 18.4 Å². The molecule has 1 unspecified atom stereocenters. The van der Waals surface area contributed by atoms with Gasteiger partial charge in [-0.15, -0.1) is 0 Å². The Morgan fingerprint density at radius 3 is 2.68 bits per heavy atom. The molecule has 0 aromatic heterocycles. The molecule has 108 valence electrons. The van der Waals surface area contributed by atoms with Crippen molar-refractivity contribution in [3.8, 4) is 5.75 Å². The Morgan fingerprint density at radius 2 is 2.05 bits per heavy atom. The Labute approximate surface area is 113 Å². The quantitative estimate of drug-likeness (QED) is 0.684. The minimum absolute atomic E-state index is 0.0449. The normalized spacial score (nSPS) is 13.2. The molecule has 0 bridgehead atoms. The van der Waals surface area contributed by atoms with Gasteiger partial charge in [-0.05, 0) is 19.1 Å². The van der Waals surface area contributed by atoms with Crippen LogP contribution in [0.25, 0.3) is 0 Å². The highest BCUT2D eigenvalue weighted by atomic mass is 32.2. The summed E-state index contributed by atoms with van der Waals surface area (Å²) in [6.07, 6.45) is 0. The molecule has 0 radical (unpaired) electrons.